The minimum atomic E-state index is -1.04. The maximum Gasteiger partial charge on any atom is 0.341 e. The molecule has 0 saturated carbocycles. The molecule has 0 atom stereocenters. The quantitative estimate of drug-likeness (QED) is 0.646. The maximum atomic E-state index is 10.7. The summed E-state index contributed by atoms with van der Waals surface area (Å²) >= 11 is 0. The Kier molecular flexibility index (Phi) is 5.46. The fraction of sp³-hybridized carbons (Fsp3) is 0.158. The van der Waals surface area contributed by atoms with Crippen molar-refractivity contribution in [2.45, 2.75) is 0 Å². The number of rotatable bonds is 7. The van der Waals surface area contributed by atoms with Gasteiger partial charge in [0, 0.05) is 30.9 Å². The van der Waals surface area contributed by atoms with Crippen molar-refractivity contribution in [1.82, 2.24) is 14.9 Å². The Bertz CT molecular complexity index is 948. The van der Waals surface area contributed by atoms with Crippen molar-refractivity contribution in [2.75, 3.05) is 25.6 Å². The number of carboxylic acids is 1. The van der Waals surface area contributed by atoms with Gasteiger partial charge in [0.1, 0.15) is 12.1 Å². The normalized spacial score (nSPS) is 10.9. The molecule has 0 saturated heterocycles. The summed E-state index contributed by atoms with van der Waals surface area (Å²) in [7, 11) is 3.96. The van der Waals surface area contributed by atoms with Gasteiger partial charge < -0.3 is 14.7 Å². The van der Waals surface area contributed by atoms with Crippen molar-refractivity contribution in [3.63, 3.8) is 0 Å². The molecule has 8 nitrogen and oxygen atoms in total. The molecule has 27 heavy (non-hydrogen) atoms. The van der Waals surface area contributed by atoms with Crippen LogP contribution in [0.4, 0.5) is 5.69 Å². The lowest BCUT2D eigenvalue weighted by molar-refractivity contribution is -0.139. The maximum absolute atomic E-state index is 10.7. The fourth-order valence-corrected chi connectivity index (χ4v) is 2.40. The first-order valence-electron chi connectivity index (χ1n) is 8.20. The molecule has 0 spiro atoms. The zero-order valence-electron chi connectivity index (χ0n) is 15.0. The van der Waals surface area contributed by atoms with Gasteiger partial charge in [0.2, 0.25) is 0 Å². The first-order valence-corrected chi connectivity index (χ1v) is 8.20. The molecule has 3 rings (SSSR count). The zero-order chi connectivity index (χ0) is 19.2. The van der Waals surface area contributed by atoms with Gasteiger partial charge in [-0.25, -0.2) is 4.79 Å². The summed E-state index contributed by atoms with van der Waals surface area (Å²) in [6.07, 6.45) is 3.09. The second-order valence-corrected chi connectivity index (χ2v) is 5.91. The van der Waals surface area contributed by atoms with Gasteiger partial charge in [-0.05, 0) is 36.4 Å². The third-order valence-corrected chi connectivity index (χ3v) is 3.76. The Morgan fingerprint density at radius 1 is 1.22 bits per heavy atom. The number of carbonyl (C=O) groups is 1. The fourth-order valence-electron chi connectivity index (χ4n) is 2.40. The third-order valence-electron chi connectivity index (χ3n) is 3.76. The van der Waals surface area contributed by atoms with E-state index in [1.165, 1.54) is 6.33 Å². The van der Waals surface area contributed by atoms with Gasteiger partial charge in [0.25, 0.3) is 0 Å². The Balaban J connectivity index is 1.84. The molecule has 1 heterocycles. The molecule has 2 aromatic carbocycles. The first-order chi connectivity index (χ1) is 13.0. The number of para-hydroxylation sites is 1. The predicted molar refractivity (Wildman–Crippen MR) is 102 cm³/mol. The summed E-state index contributed by atoms with van der Waals surface area (Å²) < 4.78 is 6.84. The van der Waals surface area contributed by atoms with Crippen LogP contribution in [0.1, 0.15) is 5.56 Å². The summed E-state index contributed by atoms with van der Waals surface area (Å²) in [5.41, 5.74) is 2.62. The molecule has 0 bridgehead atoms. The zero-order valence-corrected chi connectivity index (χ0v) is 15.0. The van der Waals surface area contributed by atoms with E-state index in [4.69, 9.17) is 9.84 Å². The number of hydrogen-bond donors (Lipinski definition) is 1. The van der Waals surface area contributed by atoms with Gasteiger partial charge in [0.05, 0.1) is 6.21 Å². The van der Waals surface area contributed by atoms with Gasteiger partial charge in [-0.15, -0.1) is 10.2 Å². The summed E-state index contributed by atoms with van der Waals surface area (Å²) in [5.74, 6) is -0.00175. The van der Waals surface area contributed by atoms with E-state index < -0.39 is 12.6 Å². The number of benzene rings is 2. The Labute approximate surface area is 156 Å². The second-order valence-electron chi connectivity index (χ2n) is 5.91. The van der Waals surface area contributed by atoms with E-state index in [0.29, 0.717) is 17.1 Å². The van der Waals surface area contributed by atoms with Crippen molar-refractivity contribution in [3.8, 4) is 17.1 Å². The summed E-state index contributed by atoms with van der Waals surface area (Å²) in [4.78, 5) is 12.7. The van der Waals surface area contributed by atoms with Crippen LogP contribution in [0.2, 0.25) is 0 Å². The van der Waals surface area contributed by atoms with Crippen LogP contribution in [0, 0.1) is 0 Å². The highest BCUT2D eigenvalue weighted by molar-refractivity contribution is 5.83. The Hall–Kier alpha value is -3.68. The van der Waals surface area contributed by atoms with Crippen LogP contribution >= 0.6 is 0 Å². The van der Waals surface area contributed by atoms with E-state index in [2.05, 4.69) is 15.3 Å². The number of aromatic nitrogens is 3. The lowest BCUT2D eigenvalue weighted by Gasteiger charge is -2.12. The smallest absolute Gasteiger partial charge is 0.341 e. The van der Waals surface area contributed by atoms with Gasteiger partial charge in [-0.2, -0.15) is 9.78 Å². The van der Waals surface area contributed by atoms with Crippen molar-refractivity contribution < 1.29 is 14.6 Å². The molecule has 8 heteroatoms. The van der Waals surface area contributed by atoms with Crippen LogP contribution in [0.5, 0.6) is 5.75 Å². The number of carboxylic acid groups (broad SMARTS) is 1. The molecular formula is C19H19N5O3. The molecule has 0 radical (unpaired) electrons. The molecule has 138 valence electrons. The van der Waals surface area contributed by atoms with Crippen molar-refractivity contribution >= 4 is 17.9 Å². The van der Waals surface area contributed by atoms with Crippen LogP contribution in [-0.4, -0.2) is 52.9 Å². The van der Waals surface area contributed by atoms with Gasteiger partial charge >= 0.3 is 5.97 Å². The SMILES string of the molecule is CN(C)c1ccc(-c2nncn2N=Cc2ccccc2OCC(=O)O)cc1. The molecule has 0 amide bonds. The van der Waals surface area contributed by atoms with Gasteiger partial charge in [-0.3, -0.25) is 0 Å². The van der Waals surface area contributed by atoms with E-state index in [1.54, 1.807) is 29.1 Å². The second kappa shape index (κ2) is 8.13. The van der Waals surface area contributed by atoms with Gasteiger partial charge in [-0.1, -0.05) is 12.1 Å². The van der Waals surface area contributed by atoms with Crippen molar-refractivity contribution in [3.05, 3.63) is 60.4 Å². The van der Waals surface area contributed by atoms with Crippen LogP contribution < -0.4 is 9.64 Å². The number of anilines is 1. The Morgan fingerprint density at radius 2 is 1.96 bits per heavy atom. The number of ether oxygens (including phenoxy) is 1. The average Bonchev–Trinajstić information content (AvgIpc) is 3.14. The largest absolute Gasteiger partial charge is 0.481 e. The highest BCUT2D eigenvalue weighted by Gasteiger charge is 2.08. The van der Waals surface area contributed by atoms with Crippen LogP contribution in [0.3, 0.4) is 0 Å². The van der Waals surface area contributed by atoms with E-state index in [9.17, 15) is 4.79 Å². The average molecular weight is 365 g/mol. The number of nitrogens with zero attached hydrogens (tertiary/aromatic N) is 5. The predicted octanol–water partition coefficient (Wildman–Crippen LogP) is 2.36. The highest BCUT2D eigenvalue weighted by atomic mass is 16.5. The highest BCUT2D eigenvalue weighted by Crippen LogP contribution is 2.21. The van der Waals surface area contributed by atoms with Crippen LogP contribution in [-0.2, 0) is 4.79 Å². The molecule has 0 aliphatic carbocycles. The van der Waals surface area contributed by atoms with E-state index >= 15 is 0 Å². The molecule has 3 aromatic rings. The van der Waals surface area contributed by atoms with Crippen LogP contribution in [0.25, 0.3) is 11.4 Å². The number of aliphatic carboxylic acids is 1. The first kappa shape index (κ1) is 18.1. The molecule has 0 unspecified atom stereocenters. The lowest BCUT2D eigenvalue weighted by atomic mass is 10.2. The molecule has 0 aliphatic rings. The minimum Gasteiger partial charge on any atom is -0.481 e. The Morgan fingerprint density at radius 3 is 2.67 bits per heavy atom. The minimum absolute atomic E-state index is 0.416. The molecule has 0 fully saturated rings. The third kappa shape index (κ3) is 4.49. The summed E-state index contributed by atoms with van der Waals surface area (Å²) in [5, 5.41) is 21.2. The number of hydrogen-bond acceptors (Lipinski definition) is 6. The topological polar surface area (TPSA) is 92.8 Å². The molecule has 1 N–H and O–H groups in total. The van der Waals surface area contributed by atoms with E-state index in [0.717, 1.165) is 11.3 Å². The van der Waals surface area contributed by atoms with E-state index in [-0.39, 0.29) is 0 Å². The standard InChI is InChI=1S/C19H19N5O3/c1-23(2)16-9-7-14(8-10-16)19-22-20-13-24(19)21-11-15-5-3-4-6-17(15)27-12-18(25)26/h3-11,13H,12H2,1-2H3,(H,25,26). The molecule has 0 aliphatic heterocycles. The summed E-state index contributed by atoms with van der Waals surface area (Å²) in [6.45, 7) is -0.416. The summed E-state index contributed by atoms with van der Waals surface area (Å²) in [6, 6.07) is 15.0. The van der Waals surface area contributed by atoms with Crippen LogP contribution in [0.15, 0.2) is 60.0 Å². The van der Waals surface area contributed by atoms with Crippen molar-refractivity contribution in [1.29, 1.82) is 0 Å². The van der Waals surface area contributed by atoms with Crippen molar-refractivity contribution in [2.24, 2.45) is 5.10 Å². The molecule has 1 aromatic heterocycles. The van der Waals surface area contributed by atoms with E-state index in [1.807, 2.05) is 49.3 Å². The lowest BCUT2D eigenvalue weighted by Crippen LogP contribution is -2.10. The van der Waals surface area contributed by atoms with Gasteiger partial charge in [0.15, 0.2) is 12.4 Å². The monoisotopic (exact) mass is 365 g/mol. The molecular weight excluding hydrogens is 346 g/mol.